The van der Waals surface area contributed by atoms with E-state index >= 15 is 0 Å². The largest absolute Gasteiger partial charge is 0.332 e. The summed E-state index contributed by atoms with van der Waals surface area (Å²) in [4.78, 5) is 12.2. The summed E-state index contributed by atoms with van der Waals surface area (Å²) in [7, 11) is 0. The Bertz CT molecular complexity index is 410. The van der Waals surface area contributed by atoms with Crippen LogP contribution in [0.4, 0.5) is 0 Å². The Labute approximate surface area is 81.2 Å². The van der Waals surface area contributed by atoms with Crippen molar-refractivity contribution < 1.29 is 4.52 Å². The van der Waals surface area contributed by atoms with Gasteiger partial charge in [-0.15, -0.1) is 0 Å². The van der Waals surface area contributed by atoms with Gasteiger partial charge in [0.05, 0.1) is 6.20 Å². The lowest BCUT2D eigenvalue weighted by Crippen LogP contribution is -1.90. The van der Waals surface area contributed by atoms with Crippen molar-refractivity contribution in [3.05, 3.63) is 24.4 Å². The first-order valence-corrected chi connectivity index (χ1v) is 4.37. The highest BCUT2D eigenvalue weighted by Crippen LogP contribution is 2.16. The Hall–Kier alpha value is -1.78. The van der Waals surface area contributed by atoms with Gasteiger partial charge < -0.3 is 4.52 Å². The van der Waals surface area contributed by atoms with E-state index < -0.39 is 0 Å². The van der Waals surface area contributed by atoms with Crippen LogP contribution in [0.3, 0.4) is 0 Å². The van der Waals surface area contributed by atoms with Crippen molar-refractivity contribution in [2.24, 2.45) is 0 Å². The molecule has 0 aromatic carbocycles. The third-order valence-electron chi connectivity index (χ3n) is 1.74. The normalized spacial score (nSPS) is 10.8. The smallest absolute Gasteiger partial charge is 0.278 e. The summed E-state index contributed by atoms with van der Waals surface area (Å²) < 4.78 is 5.05. The van der Waals surface area contributed by atoms with Crippen LogP contribution in [0.25, 0.3) is 11.6 Å². The Morgan fingerprint density at radius 2 is 2.14 bits per heavy atom. The molecule has 72 valence electrons. The first kappa shape index (κ1) is 8.80. The van der Waals surface area contributed by atoms with E-state index in [0.717, 1.165) is 0 Å². The lowest BCUT2D eigenvalue weighted by Gasteiger charge is -1.92. The first-order chi connectivity index (χ1) is 6.77. The van der Waals surface area contributed by atoms with E-state index in [9.17, 15) is 0 Å². The van der Waals surface area contributed by atoms with E-state index in [4.69, 9.17) is 4.52 Å². The molecule has 14 heavy (non-hydrogen) atoms. The molecule has 0 aliphatic rings. The minimum Gasteiger partial charge on any atom is -0.332 e. The van der Waals surface area contributed by atoms with Crippen LogP contribution in [0.15, 0.2) is 23.1 Å². The predicted molar refractivity (Wildman–Crippen MR) is 49.4 cm³/mol. The first-order valence-electron chi connectivity index (χ1n) is 4.37. The van der Waals surface area contributed by atoms with Crippen molar-refractivity contribution >= 4 is 0 Å². The number of nitrogens with zero attached hydrogens (tertiary/aromatic N) is 4. The molecule has 0 saturated heterocycles. The molecule has 2 heterocycles. The lowest BCUT2D eigenvalue weighted by molar-refractivity contribution is 0.418. The molecule has 0 atom stereocenters. The second-order valence-electron chi connectivity index (χ2n) is 3.20. The van der Waals surface area contributed by atoms with Crippen LogP contribution in [0, 0.1) is 0 Å². The fourth-order valence-corrected chi connectivity index (χ4v) is 0.983. The summed E-state index contributed by atoms with van der Waals surface area (Å²) in [6.45, 7) is 4.01. The molecule has 5 heteroatoms. The zero-order valence-electron chi connectivity index (χ0n) is 8.01. The maximum Gasteiger partial charge on any atom is 0.278 e. The second-order valence-corrected chi connectivity index (χ2v) is 3.20. The Balaban J connectivity index is 2.34. The maximum atomic E-state index is 5.05. The van der Waals surface area contributed by atoms with E-state index in [1.54, 1.807) is 18.6 Å². The zero-order valence-corrected chi connectivity index (χ0v) is 8.01. The number of rotatable bonds is 2. The Kier molecular flexibility index (Phi) is 2.22. The third kappa shape index (κ3) is 1.61. The topological polar surface area (TPSA) is 64.7 Å². The molecule has 0 bridgehead atoms. The molecule has 0 saturated carbocycles. The SMILES string of the molecule is CC(C)c1noc(-c2cnccn2)n1. The number of hydrogen-bond donors (Lipinski definition) is 0. The minimum absolute atomic E-state index is 0.254. The lowest BCUT2D eigenvalue weighted by atomic mass is 10.2. The van der Waals surface area contributed by atoms with Gasteiger partial charge in [0.15, 0.2) is 5.82 Å². The molecule has 0 radical (unpaired) electrons. The van der Waals surface area contributed by atoms with Crippen molar-refractivity contribution in [3.8, 4) is 11.6 Å². The zero-order chi connectivity index (χ0) is 9.97. The highest BCUT2D eigenvalue weighted by Gasteiger charge is 2.11. The summed E-state index contributed by atoms with van der Waals surface area (Å²) in [5, 5.41) is 3.84. The minimum atomic E-state index is 0.254. The number of hydrogen-bond acceptors (Lipinski definition) is 5. The van der Waals surface area contributed by atoms with Gasteiger partial charge >= 0.3 is 0 Å². The van der Waals surface area contributed by atoms with E-state index in [2.05, 4.69) is 20.1 Å². The molecule has 2 aromatic heterocycles. The van der Waals surface area contributed by atoms with Crippen LogP contribution in [0.1, 0.15) is 25.6 Å². The van der Waals surface area contributed by atoms with E-state index in [1.165, 1.54) is 0 Å². The maximum absolute atomic E-state index is 5.05. The van der Waals surface area contributed by atoms with Gasteiger partial charge in [0.1, 0.15) is 5.69 Å². The molecule has 0 aliphatic heterocycles. The van der Waals surface area contributed by atoms with Crippen molar-refractivity contribution in [2.75, 3.05) is 0 Å². The predicted octanol–water partition coefficient (Wildman–Crippen LogP) is 1.65. The van der Waals surface area contributed by atoms with Gasteiger partial charge in [-0.25, -0.2) is 4.98 Å². The van der Waals surface area contributed by atoms with Gasteiger partial charge in [-0.3, -0.25) is 4.98 Å². The molecule has 0 unspecified atom stereocenters. The Morgan fingerprint density at radius 3 is 2.71 bits per heavy atom. The summed E-state index contributed by atoms with van der Waals surface area (Å²) in [5.41, 5.74) is 0.604. The van der Waals surface area contributed by atoms with Crippen molar-refractivity contribution in [2.45, 2.75) is 19.8 Å². The average Bonchev–Trinajstić information content (AvgIpc) is 2.68. The fourth-order valence-electron chi connectivity index (χ4n) is 0.983. The molecule has 0 spiro atoms. The van der Waals surface area contributed by atoms with Crippen LogP contribution >= 0.6 is 0 Å². The van der Waals surface area contributed by atoms with Crippen LogP contribution in [0.2, 0.25) is 0 Å². The van der Waals surface area contributed by atoms with Crippen LogP contribution in [-0.4, -0.2) is 20.1 Å². The van der Waals surface area contributed by atoms with Crippen LogP contribution in [0.5, 0.6) is 0 Å². The summed E-state index contributed by atoms with van der Waals surface area (Å²) >= 11 is 0. The molecular weight excluding hydrogens is 180 g/mol. The molecule has 0 N–H and O–H groups in total. The quantitative estimate of drug-likeness (QED) is 0.720. The monoisotopic (exact) mass is 190 g/mol. The van der Waals surface area contributed by atoms with Crippen LogP contribution in [-0.2, 0) is 0 Å². The second kappa shape index (κ2) is 3.53. The molecule has 2 aromatic rings. The van der Waals surface area contributed by atoms with Gasteiger partial charge in [-0.2, -0.15) is 4.98 Å². The van der Waals surface area contributed by atoms with E-state index in [-0.39, 0.29) is 5.92 Å². The Morgan fingerprint density at radius 1 is 1.29 bits per heavy atom. The fraction of sp³-hybridized carbons (Fsp3) is 0.333. The van der Waals surface area contributed by atoms with Gasteiger partial charge in [0.25, 0.3) is 5.89 Å². The van der Waals surface area contributed by atoms with Crippen molar-refractivity contribution in [3.63, 3.8) is 0 Å². The summed E-state index contributed by atoms with van der Waals surface area (Å²) in [5.74, 6) is 1.36. The average molecular weight is 190 g/mol. The molecule has 2 rings (SSSR count). The summed E-state index contributed by atoms with van der Waals surface area (Å²) in [6, 6.07) is 0. The number of aromatic nitrogens is 4. The van der Waals surface area contributed by atoms with Gasteiger partial charge in [0.2, 0.25) is 0 Å². The molecule has 0 amide bonds. The molecule has 0 fully saturated rings. The van der Waals surface area contributed by atoms with Gasteiger partial charge in [0, 0.05) is 18.3 Å². The van der Waals surface area contributed by atoms with Crippen molar-refractivity contribution in [1.29, 1.82) is 0 Å². The molecular formula is C9H10N4O. The highest BCUT2D eigenvalue weighted by atomic mass is 16.5. The standard InChI is InChI=1S/C9H10N4O/c1-6(2)8-12-9(14-13-8)7-5-10-3-4-11-7/h3-6H,1-2H3. The van der Waals surface area contributed by atoms with Gasteiger partial charge in [-0.05, 0) is 0 Å². The van der Waals surface area contributed by atoms with Crippen molar-refractivity contribution in [1.82, 2.24) is 20.1 Å². The van der Waals surface area contributed by atoms with E-state index in [1.807, 2.05) is 13.8 Å². The summed E-state index contributed by atoms with van der Waals surface area (Å²) in [6.07, 6.45) is 4.79. The molecule has 5 nitrogen and oxygen atoms in total. The van der Waals surface area contributed by atoms with Gasteiger partial charge in [-0.1, -0.05) is 19.0 Å². The van der Waals surface area contributed by atoms with Crippen LogP contribution < -0.4 is 0 Å². The highest BCUT2D eigenvalue weighted by molar-refractivity contribution is 5.43. The third-order valence-corrected chi connectivity index (χ3v) is 1.74. The van der Waals surface area contributed by atoms with E-state index in [0.29, 0.717) is 17.4 Å². The molecule has 0 aliphatic carbocycles.